The van der Waals surface area contributed by atoms with E-state index in [1.807, 2.05) is 0 Å². The fourth-order valence-corrected chi connectivity index (χ4v) is 3.54. The van der Waals surface area contributed by atoms with Crippen LogP contribution in [0.1, 0.15) is 106 Å². The smallest absolute Gasteiger partial charge is 0.0326 e. The van der Waals surface area contributed by atoms with Crippen LogP contribution in [0.4, 0.5) is 0 Å². The van der Waals surface area contributed by atoms with Crippen LogP contribution in [0.5, 0.6) is 0 Å². The van der Waals surface area contributed by atoms with E-state index in [-0.39, 0.29) is 0 Å². The van der Waals surface area contributed by atoms with Gasteiger partial charge in [-0.25, -0.2) is 0 Å². The van der Waals surface area contributed by atoms with Crippen LogP contribution in [0, 0.1) is 17.3 Å². The molecule has 0 bridgehead atoms. The monoisotopic (exact) mass is 268 g/mol. The normalized spacial score (nSPS) is 18.0. The minimum Gasteiger partial charge on any atom is -0.0654 e. The van der Waals surface area contributed by atoms with Gasteiger partial charge in [-0.3, -0.25) is 0 Å². The van der Waals surface area contributed by atoms with Gasteiger partial charge in [0, 0.05) is 0 Å². The number of unbranched alkanes of at least 4 members (excludes halogenated alkanes) is 1. The van der Waals surface area contributed by atoms with E-state index >= 15 is 0 Å². The van der Waals surface area contributed by atoms with Crippen molar-refractivity contribution in [2.24, 2.45) is 17.3 Å². The van der Waals surface area contributed by atoms with Crippen LogP contribution in [0.2, 0.25) is 0 Å². The summed E-state index contributed by atoms with van der Waals surface area (Å²) < 4.78 is 0. The van der Waals surface area contributed by atoms with E-state index in [2.05, 4.69) is 41.5 Å². The van der Waals surface area contributed by atoms with Crippen molar-refractivity contribution in [2.45, 2.75) is 106 Å². The SMILES string of the molecule is CCCCC(CC)CCC(C)CC(C)(CC)CCC. The summed E-state index contributed by atoms with van der Waals surface area (Å²) in [6.07, 6.45) is 14.1. The Morgan fingerprint density at radius 1 is 0.895 bits per heavy atom. The lowest BCUT2D eigenvalue weighted by Gasteiger charge is -2.31. The summed E-state index contributed by atoms with van der Waals surface area (Å²) in [6, 6.07) is 0. The molecule has 116 valence electrons. The molecule has 0 spiro atoms. The highest BCUT2D eigenvalue weighted by Crippen LogP contribution is 2.36. The first-order chi connectivity index (χ1) is 9.01. The molecule has 3 unspecified atom stereocenters. The predicted octanol–water partition coefficient (Wildman–Crippen LogP) is 7.23. The lowest BCUT2D eigenvalue weighted by Crippen LogP contribution is -2.19. The van der Waals surface area contributed by atoms with Gasteiger partial charge >= 0.3 is 0 Å². The van der Waals surface area contributed by atoms with Gasteiger partial charge in [-0.05, 0) is 30.1 Å². The van der Waals surface area contributed by atoms with E-state index in [0.29, 0.717) is 5.41 Å². The maximum absolute atomic E-state index is 2.50. The summed E-state index contributed by atoms with van der Waals surface area (Å²) >= 11 is 0. The number of hydrogen-bond donors (Lipinski definition) is 0. The summed E-state index contributed by atoms with van der Waals surface area (Å²) in [6.45, 7) is 14.4. The lowest BCUT2D eigenvalue weighted by molar-refractivity contribution is 0.204. The van der Waals surface area contributed by atoms with Gasteiger partial charge < -0.3 is 0 Å². The van der Waals surface area contributed by atoms with E-state index in [1.165, 1.54) is 64.2 Å². The summed E-state index contributed by atoms with van der Waals surface area (Å²) in [7, 11) is 0. The zero-order valence-electron chi connectivity index (χ0n) is 14.7. The van der Waals surface area contributed by atoms with Crippen molar-refractivity contribution in [3.8, 4) is 0 Å². The van der Waals surface area contributed by atoms with E-state index in [0.717, 1.165) is 11.8 Å². The molecule has 0 rings (SSSR count). The van der Waals surface area contributed by atoms with Crippen LogP contribution in [-0.4, -0.2) is 0 Å². The van der Waals surface area contributed by atoms with Gasteiger partial charge in [-0.15, -0.1) is 0 Å². The Labute approximate surface area is 123 Å². The second-order valence-corrected chi connectivity index (χ2v) is 7.22. The largest absolute Gasteiger partial charge is 0.0654 e. The van der Waals surface area contributed by atoms with Gasteiger partial charge in [-0.1, -0.05) is 92.9 Å². The highest BCUT2D eigenvalue weighted by atomic mass is 14.3. The molecule has 0 heterocycles. The molecule has 0 aromatic rings. The van der Waals surface area contributed by atoms with Crippen molar-refractivity contribution < 1.29 is 0 Å². The van der Waals surface area contributed by atoms with Crippen LogP contribution < -0.4 is 0 Å². The van der Waals surface area contributed by atoms with Crippen molar-refractivity contribution in [3.05, 3.63) is 0 Å². The first kappa shape index (κ1) is 19.0. The molecule has 0 amide bonds. The molecule has 19 heavy (non-hydrogen) atoms. The second kappa shape index (κ2) is 10.7. The van der Waals surface area contributed by atoms with Crippen molar-refractivity contribution in [2.75, 3.05) is 0 Å². The molecule has 0 radical (unpaired) electrons. The predicted molar refractivity (Wildman–Crippen MR) is 89.6 cm³/mol. The Morgan fingerprint density at radius 2 is 1.58 bits per heavy atom. The van der Waals surface area contributed by atoms with Gasteiger partial charge in [0.25, 0.3) is 0 Å². The van der Waals surface area contributed by atoms with Gasteiger partial charge in [0.05, 0.1) is 0 Å². The van der Waals surface area contributed by atoms with Crippen molar-refractivity contribution in [3.63, 3.8) is 0 Å². The van der Waals surface area contributed by atoms with Crippen molar-refractivity contribution in [1.82, 2.24) is 0 Å². The molecule has 0 aliphatic carbocycles. The first-order valence-electron chi connectivity index (χ1n) is 9.01. The van der Waals surface area contributed by atoms with E-state index < -0.39 is 0 Å². The Kier molecular flexibility index (Phi) is 10.7. The molecule has 0 aliphatic rings. The maximum Gasteiger partial charge on any atom is -0.0326 e. The molecular weight excluding hydrogens is 228 g/mol. The highest BCUT2D eigenvalue weighted by Gasteiger charge is 2.23. The maximum atomic E-state index is 2.50. The third-order valence-corrected chi connectivity index (χ3v) is 5.16. The molecule has 0 aromatic carbocycles. The number of rotatable bonds is 12. The third kappa shape index (κ3) is 8.71. The molecule has 0 nitrogen and oxygen atoms in total. The molecule has 0 aliphatic heterocycles. The zero-order chi connectivity index (χ0) is 14.7. The van der Waals surface area contributed by atoms with E-state index in [1.54, 1.807) is 0 Å². The fraction of sp³-hybridized carbons (Fsp3) is 1.00. The lowest BCUT2D eigenvalue weighted by atomic mass is 9.74. The van der Waals surface area contributed by atoms with Crippen LogP contribution in [0.3, 0.4) is 0 Å². The highest BCUT2D eigenvalue weighted by molar-refractivity contribution is 4.75. The van der Waals surface area contributed by atoms with Crippen LogP contribution in [-0.2, 0) is 0 Å². The van der Waals surface area contributed by atoms with E-state index in [4.69, 9.17) is 0 Å². The van der Waals surface area contributed by atoms with Crippen LogP contribution in [0.15, 0.2) is 0 Å². The second-order valence-electron chi connectivity index (χ2n) is 7.22. The molecular formula is C19H40. The topological polar surface area (TPSA) is 0 Å². The third-order valence-electron chi connectivity index (χ3n) is 5.16. The average molecular weight is 269 g/mol. The minimum atomic E-state index is 0.597. The van der Waals surface area contributed by atoms with Crippen LogP contribution >= 0.6 is 0 Å². The Balaban J connectivity index is 4.04. The van der Waals surface area contributed by atoms with E-state index in [9.17, 15) is 0 Å². The standard InChI is InChI=1S/C19H40/c1-7-11-12-18(9-3)14-13-17(5)16-19(6,10-4)15-8-2/h17-18H,7-16H2,1-6H3. The summed E-state index contributed by atoms with van der Waals surface area (Å²) in [4.78, 5) is 0. The summed E-state index contributed by atoms with van der Waals surface area (Å²) in [5.74, 6) is 1.90. The Morgan fingerprint density at radius 3 is 2.05 bits per heavy atom. The quantitative estimate of drug-likeness (QED) is 0.350. The minimum absolute atomic E-state index is 0.597. The summed E-state index contributed by atoms with van der Waals surface area (Å²) in [5, 5.41) is 0. The molecule has 0 saturated heterocycles. The first-order valence-corrected chi connectivity index (χ1v) is 9.01. The molecule has 0 heteroatoms. The van der Waals surface area contributed by atoms with Crippen LogP contribution in [0.25, 0.3) is 0 Å². The van der Waals surface area contributed by atoms with Gasteiger partial charge in [0.15, 0.2) is 0 Å². The summed E-state index contributed by atoms with van der Waals surface area (Å²) in [5.41, 5.74) is 0.597. The zero-order valence-corrected chi connectivity index (χ0v) is 14.7. The van der Waals surface area contributed by atoms with Gasteiger partial charge in [0.1, 0.15) is 0 Å². The molecule has 0 aromatic heterocycles. The van der Waals surface area contributed by atoms with Crippen molar-refractivity contribution >= 4 is 0 Å². The number of hydrogen-bond acceptors (Lipinski definition) is 0. The Hall–Kier alpha value is 0. The molecule has 3 atom stereocenters. The van der Waals surface area contributed by atoms with Gasteiger partial charge in [-0.2, -0.15) is 0 Å². The fourth-order valence-electron chi connectivity index (χ4n) is 3.54. The van der Waals surface area contributed by atoms with Crippen molar-refractivity contribution in [1.29, 1.82) is 0 Å². The average Bonchev–Trinajstić information content (AvgIpc) is 2.39. The molecule has 0 N–H and O–H groups in total. The molecule has 0 fully saturated rings. The Bertz CT molecular complexity index is 196. The van der Waals surface area contributed by atoms with Gasteiger partial charge in [0.2, 0.25) is 0 Å². The molecule has 0 saturated carbocycles.